The van der Waals surface area contributed by atoms with E-state index < -0.39 is 5.82 Å². The second-order valence-electron chi connectivity index (χ2n) is 2.23. The Hall–Kier alpha value is -1.09. The number of hydrogen-bond donors (Lipinski definition) is 1. The number of rotatable bonds is 2. The van der Waals surface area contributed by atoms with Gasteiger partial charge in [0, 0.05) is 12.0 Å². The third-order valence-corrected chi connectivity index (χ3v) is 1.77. The number of halogens is 2. The second kappa shape index (κ2) is 3.54. The molecule has 1 aromatic carbocycles. The lowest BCUT2D eigenvalue weighted by atomic mass is 10.1. The first-order valence-electron chi connectivity index (χ1n) is 3.26. The van der Waals surface area contributed by atoms with Gasteiger partial charge in [-0.05, 0) is 12.1 Å². The Bertz CT molecular complexity index is 312. The Morgan fingerprint density at radius 1 is 1.58 bits per heavy atom. The van der Waals surface area contributed by atoms with Crippen molar-refractivity contribution >= 4 is 17.9 Å². The lowest BCUT2D eigenvalue weighted by Crippen LogP contribution is -1.92. The summed E-state index contributed by atoms with van der Waals surface area (Å²) in [5.41, 5.74) is -0.0579. The SMILES string of the molecule is O=CCc1c(F)ccc(Cl)c1O. The molecule has 1 N–H and O–H groups in total. The average Bonchev–Trinajstić information content (AvgIpc) is 2.06. The maximum absolute atomic E-state index is 12.8. The van der Waals surface area contributed by atoms with E-state index in [0.29, 0.717) is 6.29 Å². The highest BCUT2D eigenvalue weighted by Gasteiger charge is 2.10. The lowest BCUT2D eigenvalue weighted by molar-refractivity contribution is -0.107. The number of phenolic OH excluding ortho intramolecular Hbond substituents is 1. The molecular weight excluding hydrogens is 183 g/mol. The molecule has 1 rings (SSSR count). The van der Waals surface area contributed by atoms with E-state index in [-0.39, 0.29) is 22.8 Å². The van der Waals surface area contributed by atoms with Crippen LogP contribution in [0.3, 0.4) is 0 Å². The first-order valence-corrected chi connectivity index (χ1v) is 3.64. The number of phenols is 1. The van der Waals surface area contributed by atoms with Gasteiger partial charge in [-0.2, -0.15) is 0 Å². The number of aldehydes is 1. The Morgan fingerprint density at radius 3 is 2.83 bits per heavy atom. The third kappa shape index (κ3) is 1.56. The van der Waals surface area contributed by atoms with E-state index in [1.54, 1.807) is 0 Å². The van der Waals surface area contributed by atoms with Crippen LogP contribution in [0.1, 0.15) is 5.56 Å². The van der Waals surface area contributed by atoms with Crippen LogP contribution in [0.15, 0.2) is 12.1 Å². The monoisotopic (exact) mass is 188 g/mol. The van der Waals surface area contributed by atoms with Crippen LogP contribution in [0.2, 0.25) is 5.02 Å². The zero-order chi connectivity index (χ0) is 9.14. The van der Waals surface area contributed by atoms with E-state index in [4.69, 9.17) is 11.6 Å². The first kappa shape index (κ1) is 9.00. The number of carbonyl (C=O) groups is 1. The molecule has 12 heavy (non-hydrogen) atoms. The van der Waals surface area contributed by atoms with E-state index in [0.717, 1.165) is 6.07 Å². The molecule has 0 heterocycles. The van der Waals surface area contributed by atoms with Crippen molar-refractivity contribution < 1.29 is 14.3 Å². The number of hydrogen-bond acceptors (Lipinski definition) is 2. The van der Waals surface area contributed by atoms with Crippen LogP contribution in [-0.2, 0) is 11.2 Å². The molecule has 0 aromatic heterocycles. The zero-order valence-corrected chi connectivity index (χ0v) is 6.81. The number of aromatic hydroxyl groups is 1. The summed E-state index contributed by atoms with van der Waals surface area (Å²) in [6, 6.07) is 2.35. The van der Waals surface area contributed by atoms with Gasteiger partial charge in [-0.15, -0.1) is 0 Å². The van der Waals surface area contributed by atoms with Crippen molar-refractivity contribution in [2.24, 2.45) is 0 Å². The van der Waals surface area contributed by atoms with E-state index >= 15 is 0 Å². The van der Waals surface area contributed by atoms with E-state index in [1.807, 2.05) is 0 Å². The molecule has 1 aromatic rings. The van der Waals surface area contributed by atoms with Crippen molar-refractivity contribution in [3.8, 4) is 5.75 Å². The van der Waals surface area contributed by atoms with Crippen LogP contribution in [-0.4, -0.2) is 11.4 Å². The van der Waals surface area contributed by atoms with E-state index in [1.165, 1.54) is 6.07 Å². The smallest absolute Gasteiger partial charge is 0.140 e. The fraction of sp³-hybridized carbons (Fsp3) is 0.125. The highest BCUT2D eigenvalue weighted by atomic mass is 35.5. The van der Waals surface area contributed by atoms with Crippen molar-refractivity contribution in [2.45, 2.75) is 6.42 Å². The minimum absolute atomic E-state index is 0.0493. The quantitative estimate of drug-likeness (QED) is 0.720. The summed E-state index contributed by atoms with van der Waals surface area (Å²) >= 11 is 5.49. The van der Waals surface area contributed by atoms with Crippen LogP contribution in [0.5, 0.6) is 5.75 Å². The van der Waals surface area contributed by atoms with Crippen molar-refractivity contribution in [2.75, 3.05) is 0 Å². The minimum atomic E-state index is -0.621. The molecule has 64 valence electrons. The molecule has 0 aliphatic rings. The largest absolute Gasteiger partial charge is 0.506 e. The van der Waals surface area contributed by atoms with Crippen molar-refractivity contribution in [1.29, 1.82) is 0 Å². The summed E-state index contributed by atoms with van der Waals surface area (Å²) < 4.78 is 12.8. The molecule has 0 aliphatic carbocycles. The molecular formula is C8H6ClFO2. The Kier molecular flexibility index (Phi) is 2.65. The molecule has 2 nitrogen and oxygen atoms in total. The van der Waals surface area contributed by atoms with Crippen LogP contribution < -0.4 is 0 Å². The van der Waals surface area contributed by atoms with Gasteiger partial charge in [-0.3, -0.25) is 0 Å². The lowest BCUT2D eigenvalue weighted by Gasteiger charge is -2.03. The van der Waals surface area contributed by atoms with Gasteiger partial charge in [0.2, 0.25) is 0 Å². The van der Waals surface area contributed by atoms with Crippen molar-refractivity contribution in [3.63, 3.8) is 0 Å². The first-order chi connectivity index (χ1) is 5.66. The predicted octanol–water partition coefficient (Wildman–Crippen LogP) is 1.93. The van der Waals surface area contributed by atoms with Crippen LogP contribution in [0.4, 0.5) is 4.39 Å². The van der Waals surface area contributed by atoms with E-state index in [2.05, 4.69) is 0 Å². The Morgan fingerprint density at radius 2 is 2.25 bits per heavy atom. The molecule has 0 aliphatic heterocycles. The molecule has 0 unspecified atom stereocenters. The summed E-state index contributed by atoms with van der Waals surface area (Å²) in [6.07, 6.45) is 0.340. The Balaban J connectivity index is 3.22. The summed E-state index contributed by atoms with van der Waals surface area (Å²) in [7, 11) is 0. The second-order valence-corrected chi connectivity index (χ2v) is 2.63. The molecule has 0 saturated carbocycles. The minimum Gasteiger partial charge on any atom is -0.506 e. The maximum Gasteiger partial charge on any atom is 0.140 e. The highest BCUT2D eigenvalue weighted by molar-refractivity contribution is 6.32. The van der Waals surface area contributed by atoms with Crippen molar-refractivity contribution in [3.05, 3.63) is 28.5 Å². The van der Waals surface area contributed by atoms with Crippen molar-refractivity contribution in [1.82, 2.24) is 0 Å². The van der Waals surface area contributed by atoms with Crippen LogP contribution in [0.25, 0.3) is 0 Å². The van der Waals surface area contributed by atoms with Gasteiger partial charge in [0.05, 0.1) is 5.02 Å². The number of benzene rings is 1. The molecule has 0 spiro atoms. The normalized spacial score (nSPS) is 9.83. The molecule has 0 amide bonds. The summed E-state index contributed by atoms with van der Waals surface area (Å²) in [4.78, 5) is 10.1. The van der Waals surface area contributed by atoms with Gasteiger partial charge in [-0.25, -0.2) is 4.39 Å². The van der Waals surface area contributed by atoms with Gasteiger partial charge < -0.3 is 9.90 Å². The summed E-state index contributed by atoms with van der Waals surface area (Å²) in [6.45, 7) is 0. The van der Waals surface area contributed by atoms with Gasteiger partial charge in [0.1, 0.15) is 17.9 Å². The highest BCUT2D eigenvalue weighted by Crippen LogP contribution is 2.29. The molecule has 4 heteroatoms. The molecule has 0 bridgehead atoms. The molecule has 0 atom stereocenters. The standard InChI is InChI=1S/C8H6ClFO2/c9-6-1-2-7(10)5(3-4-11)8(6)12/h1-2,4,12H,3H2. The van der Waals surface area contributed by atoms with E-state index in [9.17, 15) is 14.3 Å². The summed E-state index contributed by atoms with van der Waals surface area (Å²) in [5.74, 6) is -0.979. The van der Waals surface area contributed by atoms with Gasteiger partial charge in [0.15, 0.2) is 0 Å². The Labute approximate surface area is 73.6 Å². The van der Waals surface area contributed by atoms with Crippen LogP contribution >= 0.6 is 11.6 Å². The fourth-order valence-corrected chi connectivity index (χ4v) is 1.04. The predicted molar refractivity (Wildman–Crippen MR) is 42.8 cm³/mol. The zero-order valence-electron chi connectivity index (χ0n) is 6.05. The van der Waals surface area contributed by atoms with Gasteiger partial charge in [0.25, 0.3) is 0 Å². The maximum atomic E-state index is 12.8. The summed E-state index contributed by atoms with van der Waals surface area (Å²) in [5, 5.41) is 9.23. The van der Waals surface area contributed by atoms with Crippen LogP contribution in [0, 0.1) is 5.82 Å². The molecule has 0 fully saturated rings. The number of carbonyl (C=O) groups excluding carboxylic acids is 1. The van der Waals surface area contributed by atoms with Gasteiger partial charge in [-0.1, -0.05) is 11.6 Å². The average molecular weight is 189 g/mol. The molecule has 0 saturated heterocycles. The molecule has 0 radical (unpaired) electrons. The topological polar surface area (TPSA) is 37.3 Å². The fourth-order valence-electron chi connectivity index (χ4n) is 0.861. The third-order valence-electron chi connectivity index (χ3n) is 1.46. The van der Waals surface area contributed by atoms with Gasteiger partial charge >= 0.3 is 0 Å².